The highest BCUT2D eigenvalue weighted by molar-refractivity contribution is 7.99. The van der Waals surface area contributed by atoms with Crippen LogP contribution >= 0.6 is 23.5 Å². The maximum Gasteiger partial charge on any atom is 0.346 e. The van der Waals surface area contributed by atoms with Crippen LogP contribution in [0.4, 0.5) is 14.9 Å². The molecule has 2 amide bonds. The summed E-state index contributed by atoms with van der Waals surface area (Å²) in [6, 6.07) is 14.6. The van der Waals surface area contributed by atoms with E-state index in [-0.39, 0.29) is 19.0 Å². The van der Waals surface area contributed by atoms with Crippen molar-refractivity contribution >= 4 is 35.2 Å². The number of aromatic nitrogens is 1. The number of hydrogen-bond donors (Lipinski definition) is 1. The van der Waals surface area contributed by atoms with Crippen LogP contribution in [0.15, 0.2) is 64.5 Å². The zero-order chi connectivity index (χ0) is 25.9. The van der Waals surface area contributed by atoms with Crippen LogP contribution in [-0.2, 0) is 16.1 Å². The molecule has 3 aromatic rings. The molecule has 3 rings (SSSR count). The number of nitrogens with one attached hydrogen (secondary N) is 1. The first kappa shape index (κ1) is 27.8. The molecular weight excluding hydrogens is 501 g/mol. The molecule has 2 aromatic carbocycles. The molecule has 0 aliphatic heterocycles. The Morgan fingerprint density at radius 3 is 2.31 bits per heavy atom. The van der Waals surface area contributed by atoms with Crippen molar-refractivity contribution in [3.63, 3.8) is 0 Å². The standard InChI is InChI=1S/C26H30FN3O4S2/c1-5-32-14-15-33-30(26(31)29-24-23(35-3)16-18(2)28-25(24)36-4)17-19-6-10-21(11-7-19)34-22-12-8-20(27)9-13-22/h6-13,16H,5,14-15,17H2,1-4H3,(H,29,31). The van der Waals surface area contributed by atoms with E-state index in [1.807, 2.05) is 44.6 Å². The summed E-state index contributed by atoms with van der Waals surface area (Å²) in [5, 5.41) is 5.00. The minimum atomic E-state index is -0.408. The number of hydroxylamine groups is 2. The van der Waals surface area contributed by atoms with Crippen molar-refractivity contribution in [3.8, 4) is 11.5 Å². The van der Waals surface area contributed by atoms with Crippen molar-refractivity contribution < 1.29 is 23.5 Å². The molecule has 0 saturated carbocycles. The van der Waals surface area contributed by atoms with E-state index in [1.54, 1.807) is 36.0 Å². The maximum atomic E-state index is 13.3. The van der Waals surface area contributed by atoms with Gasteiger partial charge in [-0.15, -0.1) is 23.5 Å². The Morgan fingerprint density at radius 1 is 1.03 bits per heavy atom. The number of hydrogen-bond acceptors (Lipinski definition) is 7. The second kappa shape index (κ2) is 14.1. The fourth-order valence-electron chi connectivity index (χ4n) is 3.20. The molecule has 0 fully saturated rings. The van der Waals surface area contributed by atoms with E-state index in [0.29, 0.717) is 30.4 Å². The molecule has 1 N–H and O–H groups in total. The number of aryl methyl sites for hydroxylation is 1. The Balaban J connectivity index is 1.74. The molecule has 1 aromatic heterocycles. The van der Waals surface area contributed by atoms with Crippen LogP contribution in [0, 0.1) is 12.7 Å². The van der Waals surface area contributed by atoms with Crippen molar-refractivity contribution in [2.24, 2.45) is 0 Å². The molecule has 0 unspecified atom stereocenters. The van der Waals surface area contributed by atoms with Crippen LogP contribution in [0.25, 0.3) is 0 Å². The van der Waals surface area contributed by atoms with Crippen LogP contribution in [0.2, 0.25) is 0 Å². The van der Waals surface area contributed by atoms with Crippen LogP contribution in [-0.4, -0.2) is 48.4 Å². The molecule has 0 bridgehead atoms. The van der Waals surface area contributed by atoms with E-state index < -0.39 is 6.03 Å². The number of carbonyl (C=O) groups excluding carboxylic acids is 1. The smallest absolute Gasteiger partial charge is 0.346 e. The Kier molecular flexibility index (Phi) is 10.9. The van der Waals surface area contributed by atoms with Crippen molar-refractivity contribution in [3.05, 3.63) is 71.7 Å². The highest BCUT2D eigenvalue weighted by atomic mass is 32.2. The maximum absolute atomic E-state index is 13.3. The number of ether oxygens (including phenoxy) is 2. The number of thioether (sulfide) groups is 2. The topological polar surface area (TPSA) is 72.9 Å². The average Bonchev–Trinajstić information content (AvgIpc) is 2.88. The number of benzene rings is 2. The van der Waals surface area contributed by atoms with Crippen molar-refractivity contribution in [2.45, 2.75) is 30.3 Å². The van der Waals surface area contributed by atoms with E-state index in [4.69, 9.17) is 14.3 Å². The largest absolute Gasteiger partial charge is 0.457 e. The van der Waals surface area contributed by atoms with Gasteiger partial charge in [0.15, 0.2) is 0 Å². The number of pyridine rings is 1. The van der Waals surface area contributed by atoms with Gasteiger partial charge in [-0.1, -0.05) is 12.1 Å². The summed E-state index contributed by atoms with van der Waals surface area (Å²) in [6.45, 7) is 5.19. The van der Waals surface area contributed by atoms with Crippen LogP contribution in [0.5, 0.6) is 11.5 Å². The van der Waals surface area contributed by atoms with Gasteiger partial charge in [0.2, 0.25) is 0 Å². The first-order valence-corrected chi connectivity index (χ1v) is 13.8. The third-order valence-corrected chi connectivity index (χ3v) is 6.37. The Labute approximate surface area is 219 Å². The van der Waals surface area contributed by atoms with E-state index >= 15 is 0 Å². The number of amides is 2. The number of carbonyl (C=O) groups is 1. The quantitative estimate of drug-likeness (QED) is 0.157. The molecule has 0 aliphatic carbocycles. The summed E-state index contributed by atoms with van der Waals surface area (Å²) < 4.78 is 24.2. The lowest BCUT2D eigenvalue weighted by molar-refractivity contribution is -0.133. The molecule has 192 valence electrons. The molecule has 36 heavy (non-hydrogen) atoms. The summed E-state index contributed by atoms with van der Waals surface area (Å²) in [4.78, 5) is 24.6. The second-order valence-corrected chi connectivity index (χ2v) is 9.19. The van der Waals surface area contributed by atoms with Crippen LogP contribution < -0.4 is 10.1 Å². The predicted octanol–water partition coefficient (Wildman–Crippen LogP) is 6.77. The lowest BCUT2D eigenvalue weighted by Crippen LogP contribution is -2.36. The predicted molar refractivity (Wildman–Crippen MR) is 142 cm³/mol. The highest BCUT2D eigenvalue weighted by Gasteiger charge is 2.20. The highest BCUT2D eigenvalue weighted by Crippen LogP contribution is 2.34. The summed E-state index contributed by atoms with van der Waals surface area (Å²) >= 11 is 3.01. The Hall–Kier alpha value is -2.79. The van der Waals surface area contributed by atoms with Crippen molar-refractivity contribution in [1.29, 1.82) is 0 Å². The molecule has 0 radical (unpaired) electrons. The second-order valence-electron chi connectivity index (χ2n) is 7.55. The summed E-state index contributed by atoms with van der Waals surface area (Å²) in [6.07, 6.45) is 3.88. The van der Waals surface area contributed by atoms with Gasteiger partial charge in [-0.05, 0) is 74.4 Å². The number of nitrogens with zero attached hydrogens (tertiary/aromatic N) is 2. The van der Waals surface area contributed by atoms with Crippen LogP contribution in [0.1, 0.15) is 18.2 Å². The van der Waals surface area contributed by atoms with Gasteiger partial charge in [-0.3, -0.25) is 4.84 Å². The first-order valence-electron chi connectivity index (χ1n) is 11.3. The van der Waals surface area contributed by atoms with Gasteiger partial charge in [0.05, 0.1) is 25.4 Å². The van der Waals surface area contributed by atoms with Gasteiger partial charge in [0.1, 0.15) is 22.3 Å². The number of urea groups is 1. The first-order chi connectivity index (χ1) is 17.4. The molecular formula is C26H30FN3O4S2. The van der Waals surface area contributed by atoms with E-state index in [9.17, 15) is 9.18 Å². The van der Waals surface area contributed by atoms with E-state index in [0.717, 1.165) is 21.2 Å². The van der Waals surface area contributed by atoms with Gasteiger partial charge in [-0.2, -0.15) is 5.06 Å². The molecule has 7 nitrogen and oxygen atoms in total. The molecule has 0 spiro atoms. The molecule has 0 atom stereocenters. The van der Waals surface area contributed by atoms with Gasteiger partial charge in [-0.25, -0.2) is 14.2 Å². The number of rotatable bonds is 12. The number of halogens is 1. The third kappa shape index (κ3) is 8.12. The summed E-state index contributed by atoms with van der Waals surface area (Å²) in [5.74, 6) is 0.806. The average molecular weight is 532 g/mol. The molecule has 10 heteroatoms. The third-order valence-electron chi connectivity index (χ3n) is 4.93. The Morgan fingerprint density at radius 2 is 1.69 bits per heavy atom. The SMILES string of the molecule is CCOCCON(Cc1ccc(Oc2ccc(F)cc2)cc1)C(=O)Nc1c(SC)cc(C)nc1SC. The minimum Gasteiger partial charge on any atom is -0.457 e. The van der Waals surface area contributed by atoms with Gasteiger partial charge < -0.3 is 14.8 Å². The van der Waals surface area contributed by atoms with E-state index in [2.05, 4.69) is 10.3 Å². The summed E-state index contributed by atoms with van der Waals surface area (Å²) in [5.41, 5.74) is 2.38. The lowest BCUT2D eigenvalue weighted by Gasteiger charge is -2.24. The van der Waals surface area contributed by atoms with E-state index in [1.165, 1.54) is 29.0 Å². The molecule has 0 saturated heterocycles. The fraction of sp³-hybridized carbons (Fsp3) is 0.308. The normalized spacial score (nSPS) is 10.8. The Bertz CT molecular complexity index is 1110. The minimum absolute atomic E-state index is 0.206. The molecule has 1 heterocycles. The summed E-state index contributed by atoms with van der Waals surface area (Å²) in [7, 11) is 0. The monoisotopic (exact) mass is 531 g/mol. The van der Waals surface area contributed by atoms with Crippen LogP contribution in [0.3, 0.4) is 0 Å². The van der Waals surface area contributed by atoms with Gasteiger partial charge >= 0.3 is 6.03 Å². The zero-order valence-corrected chi connectivity index (χ0v) is 22.4. The van der Waals surface area contributed by atoms with Gasteiger partial charge in [0, 0.05) is 17.2 Å². The van der Waals surface area contributed by atoms with Gasteiger partial charge in [0.25, 0.3) is 0 Å². The fourth-order valence-corrected chi connectivity index (χ4v) is 4.51. The van der Waals surface area contributed by atoms with Crippen molar-refractivity contribution in [1.82, 2.24) is 10.0 Å². The van der Waals surface area contributed by atoms with Crippen molar-refractivity contribution in [2.75, 3.05) is 37.6 Å². The molecule has 0 aliphatic rings. The number of anilines is 1. The lowest BCUT2D eigenvalue weighted by atomic mass is 10.2. The zero-order valence-electron chi connectivity index (χ0n) is 20.7.